The summed E-state index contributed by atoms with van der Waals surface area (Å²) in [5.74, 6) is 0.150. The molecule has 2 aromatic rings. The van der Waals surface area contributed by atoms with E-state index in [1.54, 1.807) is 25.1 Å². The van der Waals surface area contributed by atoms with E-state index in [4.69, 9.17) is 16.3 Å². The molecule has 232 valence electrons. The first kappa shape index (κ1) is 30.5. The molecule has 1 amide bonds. The molecule has 2 aliphatic carbocycles. The van der Waals surface area contributed by atoms with Crippen LogP contribution >= 0.6 is 11.6 Å². The van der Waals surface area contributed by atoms with E-state index in [1.165, 1.54) is 11.1 Å². The molecule has 2 N–H and O–H groups in total. The maximum atomic E-state index is 13.4. The smallest absolute Gasteiger partial charge is 0.264 e. The molecular formula is C34H43ClN2O5S. The van der Waals surface area contributed by atoms with Gasteiger partial charge in [-0.25, -0.2) is 13.1 Å². The van der Waals surface area contributed by atoms with Gasteiger partial charge in [0.15, 0.2) is 0 Å². The van der Waals surface area contributed by atoms with Crippen molar-refractivity contribution < 1.29 is 23.1 Å². The molecule has 6 atom stereocenters. The summed E-state index contributed by atoms with van der Waals surface area (Å²) < 4.78 is 35.4. The first-order valence-electron chi connectivity index (χ1n) is 15.7. The Labute approximate surface area is 260 Å². The van der Waals surface area contributed by atoms with Crippen molar-refractivity contribution in [3.63, 3.8) is 0 Å². The fraction of sp³-hybridized carbons (Fsp3) is 0.559. The van der Waals surface area contributed by atoms with E-state index in [1.807, 2.05) is 32.1 Å². The van der Waals surface area contributed by atoms with E-state index in [2.05, 4.69) is 21.8 Å². The number of ether oxygens (including phenoxy) is 1. The van der Waals surface area contributed by atoms with Crippen LogP contribution in [-0.2, 0) is 21.9 Å². The number of halogens is 1. The Balaban J connectivity index is 1.45. The molecule has 2 aliphatic heterocycles. The van der Waals surface area contributed by atoms with Gasteiger partial charge in [-0.2, -0.15) is 0 Å². The third-order valence-electron chi connectivity index (χ3n) is 10.8. The molecule has 0 saturated heterocycles. The van der Waals surface area contributed by atoms with E-state index in [0.29, 0.717) is 38.3 Å². The van der Waals surface area contributed by atoms with Gasteiger partial charge in [0.1, 0.15) is 5.75 Å². The minimum absolute atomic E-state index is 0.0885. The number of benzene rings is 2. The maximum Gasteiger partial charge on any atom is 0.264 e. The van der Waals surface area contributed by atoms with Crippen LogP contribution in [0.25, 0.3) is 0 Å². The van der Waals surface area contributed by atoms with E-state index < -0.39 is 26.8 Å². The number of sulfonamides is 1. The topological polar surface area (TPSA) is 95.9 Å². The van der Waals surface area contributed by atoms with Crippen molar-refractivity contribution in [3.8, 4) is 5.75 Å². The van der Waals surface area contributed by atoms with E-state index in [0.717, 1.165) is 42.8 Å². The minimum atomic E-state index is -3.93. The van der Waals surface area contributed by atoms with Gasteiger partial charge in [-0.3, -0.25) is 4.79 Å². The SMILES string of the molecule is CC[C@@]1(O)/C=C\C[C@H](C)[C@@H](C)S(=O)(=O)NC(=O)c2ccc3c(c2)N(C[C@@H]2CC[C@H]21)C[C@@]1(CCCc2cc(Cl)ccc21)CO3. The third kappa shape index (κ3) is 5.59. The average molecular weight is 627 g/mol. The number of carbonyl (C=O) groups excluding carboxylic acids is 1. The molecule has 1 fully saturated rings. The van der Waals surface area contributed by atoms with Crippen molar-refractivity contribution in [2.24, 2.45) is 17.8 Å². The highest BCUT2D eigenvalue weighted by atomic mass is 35.5. The summed E-state index contributed by atoms with van der Waals surface area (Å²) in [6.45, 7) is 7.41. The molecule has 7 nitrogen and oxygen atoms in total. The lowest BCUT2D eigenvalue weighted by Crippen LogP contribution is -2.52. The third-order valence-corrected chi connectivity index (χ3v) is 13.0. The van der Waals surface area contributed by atoms with Crippen LogP contribution in [0, 0.1) is 17.8 Å². The summed E-state index contributed by atoms with van der Waals surface area (Å²) in [5.41, 5.74) is 2.35. The monoisotopic (exact) mass is 626 g/mol. The summed E-state index contributed by atoms with van der Waals surface area (Å²) in [7, 11) is -3.93. The van der Waals surface area contributed by atoms with Gasteiger partial charge >= 0.3 is 0 Å². The van der Waals surface area contributed by atoms with Crippen molar-refractivity contribution in [3.05, 3.63) is 70.3 Å². The zero-order chi connectivity index (χ0) is 30.6. The molecule has 4 aliphatic rings. The molecule has 43 heavy (non-hydrogen) atoms. The maximum absolute atomic E-state index is 13.4. The van der Waals surface area contributed by atoms with Crippen LogP contribution in [0.3, 0.4) is 0 Å². The molecule has 9 heteroatoms. The Hall–Kier alpha value is -2.55. The number of rotatable bonds is 1. The van der Waals surface area contributed by atoms with Crippen LogP contribution in [0.2, 0.25) is 5.02 Å². The van der Waals surface area contributed by atoms with Gasteiger partial charge in [0, 0.05) is 29.1 Å². The van der Waals surface area contributed by atoms with Gasteiger partial charge in [0.25, 0.3) is 5.91 Å². The van der Waals surface area contributed by atoms with Crippen molar-refractivity contribution >= 4 is 33.2 Å². The number of hydrogen-bond donors (Lipinski definition) is 2. The quantitative estimate of drug-likeness (QED) is 0.376. The molecule has 0 unspecified atom stereocenters. The lowest BCUT2D eigenvalue weighted by Gasteiger charge is -2.49. The first-order chi connectivity index (χ1) is 20.4. The van der Waals surface area contributed by atoms with Crippen LogP contribution < -0.4 is 14.4 Å². The minimum Gasteiger partial charge on any atom is -0.490 e. The highest BCUT2D eigenvalue weighted by Gasteiger charge is 2.47. The van der Waals surface area contributed by atoms with Gasteiger partial charge in [0.2, 0.25) is 10.0 Å². The van der Waals surface area contributed by atoms with E-state index in [9.17, 15) is 18.3 Å². The highest BCUT2D eigenvalue weighted by Crippen LogP contribution is 2.49. The van der Waals surface area contributed by atoms with Crippen LogP contribution in [0.1, 0.15) is 80.8 Å². The molecule has 1 saturated carbocycles. The van der Waals surface area contributed by atoms with E-state index >= 15 is 0 Å². The van der Waals surface area contributed by atoms with Crippen molar-refractivity contribution in [1.82, 2.24) is 4.72 Å². The second-order valence-electron chi connectivity index (χ2n) is 13.4. The molecule has 1 spiro atoms. The Morgan fingerprint density at radius 2 is 1.98 bits per heavy atom. The van der Waals surface area contributed by atoms with Crippen LogP contribution in [0.5, 0.6) is 5.75 Å². The van der Waals surface area contributed by atoms with Gasteiger partial charge in [-0.15, -0.1) is 0 Å². The average Bonchev–Trinajstić information content (AvgIpc) is 3.11. The van der Waals surface area contributed by atoms with Gasteiger partial charge in [-0.1, -0.05) is 43.7 Å². The normalized spacial score (nSPS) is 34.5. The predicted molar refractivity (Wildman–Crippen MR) is 170 cm³/mol. The molecule has 2 heterocycles. The van der Waals surface area contributed by atoms with Gasteiger partial charge in [-0.05, 0) is 111 Å². The van der Waals surface area contributed by atoms with Gasteiger partial charge in [0.05, 0.1) is 23.1 Å². The predicted octanol–water partition coefficient (Wildman–Crippen LogP) is 6.02. The second kappa shape index (κ2) is 11.4. The number of amides is 1. The Morgan fingerprint density at radius 1 is 1.16 bits per heavy atom. The Kier molecular flexibility index (Phi) is 8.10. The summed E-state index contributed by atoms with van der Waals surface area (Å²) in [5, 5.41) is 11.8. The first-order valence-corrected chi connectivity index (χ1v) is 17.6. The Morgan fingerprint density at radius 3 is 2.72 bits per heavy atom. The summed E-state index contributed by atoms with van der Waals surface area (Å²) >= 11 is 6.40. The summed E-state index contributed by atoms with van der Waals surface area (Å²) in [6, 6.07) is 11.4. The van der Waals surface area contributed by atoms with Gasteiger partial charge < -0.3 is 14.7 Å². The molecule has 6 rings (SSSR count). The van der Waals surface area contributed by atoms with Crippen LogP contribution in [0.4, 0.5) is 5.69 Å². The lowest BCUT2D eigenvalue weighted by atomic mass is 9.63. The number of nitrogens with one attached hydrogen (secondary N) is 1. The zero-order valence-electron chi connectivity index (χ0n) is 25.3. The number of allylic oxidation sites excluding steroid dienone is 1. The Bertz CT molecular complexity index is 1540. The number of carbonyl (C=O) groups is 1. The van der Waals surface area contributed by atoms with Crippen molar-refractivity contribution in [1.29, 1.82) is 0 Å². The highest BCUT2D eigenvalue weighted by molar-refractivity contribution is 7.90. The fourth-order valence-corrected chi connectivity index (χ4v) is 9.23. The largest absolute Gasteiger partial charge is 0.490 e. The number of fused-ring (bicyclic) bond motifs is 4. The second-order valence-corrected chi connectivity index (χ2v) is 15.8. The molecular weight excluding hydrogens is 584 g/mol. The number of aryl methyl sites for hydroxylation is 1. The number of anilines is 1. The van der Waals surface area contributed by atoms with E-state index in [-0.39, 0.29) is 28.7 Å². The molecule has 0 aromatic heterocycles. The molecule has 2 bridgehead atoms. The number of nitrogens with zero attached hydrogens (tertiary/aromatic N) is 1. The fourth-order valence-electron chi connectivity index (χ4n) is 7.75. The summed E-state index contributed by atoms with van der Waals surface area (Å²) in [6.07, 6.45) is 9.83. The van der Waals surface area contributed by atoms with Crippen molar-refractivity contribution in [2.45, 2.75) is 82.0 Å². The standard InChI is InChI=1S/C34H43ClN2O5S/c1-4-34(39)16-5-7-22(2)23(3)43(40,41)36-32(38)25-10-14-31-30(18-25)37(19-26-9-12-29(26)34)20-33(21-42-31)15-6-8-24-17-27(35)11-13-28(24)33/h5,10-11,13-14,16-18,22-23,26,29,39H,4,6-9,12,15,19-21H2,1-3H3,(H,36,38)/b16-5-/t22-,23+,26-,29+,33-,34+/m0/s1. The zero-order valence-corrected chi connectivity index (χ0v) is 26.9. The molecule has 0 radical (unpaired) electrons. The summed E-state index contributed by atoms with van der Waals surface area (Å²) in [4.78, 5) is 15.7. The molecule has 2 aromatic carbocycles. The van der Waals surface area contributed by atoms with Crippen LogP contribution in [-0.4, -0.2) is 50.0 Å². The number of aliphatic hydroxyl groups is 1. The number of hydrogen-bond acceptors (Lipinski definition) is 6. The van der Waals surface area contributed by atoms with Crippen LogP contribution in [0.15, 0.2) is 48.6 Å². The lowest BCUT2D eigenvalue weighted by molar-refractivity contribution is -0.0475. The van der Waals surface area contributed by atoms with Crippen molar-refractivity contribution in [2.75, 3.05) is 24.6 Å².